The Morgan fingerprint density at radius 2 is 2.17 bits per heavy atom. The maximum atomic E-state index is 12.8. The minimum atomic E-state index is -4.26. The number of nitrogens with zero attached hydrogens (tertiary/aromatic N) is 2. The standard InChI is InChI=1S/C18H22F3N3/c19-18(20,21)16-5-1-3-14(11-16)6-7-15-4-2-10-24(12-15)13-17-22-8-9-23-17/h1,3,5,8-9,11,15H,2,4,6-7,10,12-13H2,(H,22,23). The molecule has 1 saturated heterocycles. The number of H-pyrrole nitrogens is 1. The van der Waals surface area contributed by atoms with E-state index >= 15 is 0 Å². The molecule has 24 heavy (non-hydrogen) atoms. The molecule has 0 aliphatic carbocycles. The van der Waals surface area contributed by atoms with Gasteiger partial charge in [0, 0.05) is 18.9 Å². The topological polar surface area (TPSA) is 31.9 Å². The van der Waals surface area contributed by atoms with Crippen LogP contribution in [0, 0.1) is 5.92 Å². The van der Waals surface area contributed by atoms with E-state index in [1.165, 1.54) is 12.1 Å². The fraction of sp³-hybridized carbons (Fsp3) is 0.500. The summed E-state index contributed by atoms with van der Waals surface area (Å²) >= 11 is 0. The lowest BCUT2D eigenvalue weighted by Gasteiger charge is -2.32. The van der Waals surface area contributed by atoms with Gasteiger partial charge in [-0.25, -0.2) is 4.98 Å². The fourth-order valence-corrected chi connectivity index (χ4v) is 3.40. The summed E-state index contributed by atoms with van der Waals surface area (Å²) in [4.78, 5) is 9.75. The zero-order valence-electron chi connectivity index (χ0n) is 13.5. The average molecular weight is 337 g/mol. The summed E-state index contributed by atoms with van der Waals surface area (Å²) in [5, 5.41) is 0. The van der Waals surface area contributed by atoms with Gasteiger partial charge in [0.2, 0.25) is 0 Å². The molecule has 3 nitrogen and oxygen atoms in total. The second-order valence-electron chi connectivity index (χ2n) is 6.52. The normalized spacial score (nSPS) is 19.5. The second kappa shape index (κ2) is 7.38. The van der Waals surface area contributed by atoms with Crippen LogP contribution in [-0.2, 0) is 19.1 Å². The molecule has 130 valence electrons. The van der Waals surface area contributed by atoms with Crippen LogP contribution in [0.4, 0.5) is 13.2 Å². The van der Waals surface area contributed by atoms with Crippen LogP contribution in [0.2, 0.25) is 0 Å². The van der Waals surface area contributed by atoms with E-state index in [1.807, 2.05) is 6.20 Å². The first-order chi connectivity index (χ1) is 11.5. The highest BCUT2D eigenvalue weighted by Crippen LogP contribution is 2.30. The maximum absolute atomic E-state index is 12.8. The van der Waals surface area contributed by atoms with Crippen molar-refractivity contribution in [2.24, 2.45) is 5.92 Å². The van der Waals surface area contributed by atoms with E-state index in [-0.39, 0.29) is 0 Å². The molecule has 2 heterocycles. The minimum Gasteiger partial charge on any atom is -0.348 e. The summed E-state index contributed by atoms with van der Waals surface area (Å²) in [7, 11) is 0. The third-order valence-corrected chi connectivity index (χ3v) is 4.63. The van der Waals surface area contributed by atoms with Gasteiger partial charge in [0.1, 0.15) is 5.82 Å². The Morgan fingerprint density at radius 3 is 2.92 bits per heavy atom. The van der Waals surface area contributed by atoms with Crippen LogP contribution in [0.3, 0.4) is 0 Å². The minimum absolute atomic E-state index is 0.531. The number of alkyl halides is 3. The quantitative estimate of drug-likeness (QED) is 0.883. The van der Waals surface area contributed by atoms with Crippen molar-refractivity contribution in [1.82, 2.24) is 14.9 Å². The van der Waals surface area contributed by atoms with Gasteiger partial charge in [0.15, 0.2) is 0 Å². The van der Waals surface area contributed by atoms with E-state index in [0.717, 1.165) is 56.4 Å². The number of nitrogens with one attached hydrogen (secondary N) is 1. The maximum Gasteiger partial charge on any atom is 0.416 e. The Bertz CT molecular complexity index is 637. The SMILES string of the molecule is FC(F)(F)c1cccc(CCC2CCCN(Cc3ncc[nH]3)C2)c1. The number of likely N-dealkylation sites (tertiary alicyclic amines) is 1. The van der Waals surface area contributed by atoms with Crippen molar-refractivity contribution in [2.45, 2.75) is 38.4 Å². The molecule has 1 N–H and O–H groups in total. The van der Waals surface area contributed by atoms with Gasteiger partial charge >= 0.3 is 6.18 Å². The van der Waals surface area contributed by atoms with Crippen molar-refractivity contribution in [1.29, 1.82) is 0 Å². The molecule has 1 fully saturated rings. The summed E-state index contributed by atoms with van der Waals surface area (Å²) in [5.41, 5.74) is 0.219. The summed E-state index contributed by atoms with van der Waals surface area (Å²) in [6, 6.07) is 5.71. The number of rotatable bonds is 5. The Kier molecular flexibility index (Phi) is 5.23. The van der Waals surface area contributed by atoms with Crippen LogP contribution in [0.5, 0.6) is 0 Å². The lowest BCUT2D eigenvalue weighted by atomic mass is 9.91. The fourth-order valence-electron chi connectivity index (χ4n) is 3.40. The molecule has 1 aliphatic rings. The second-order valence-corrected chi connectivity index (χ2v) is 6.52. The lowest BCUT2D eigenvalue weighted by Crippen LogP contribution is -2.35. The molecular weight excluding hydrogens is 315 g/mol. The highest BCUT2D eigenvalue weighted by molar-refractivity contribution is 5.25. The molecule has 0 saturated carbocycles. The molecule has 1 atom stereocenters. The first kappa shape index (κ1) is 17.0. The van der Waals surface area contributed by atoms with Crippen LogP contribution in [0.1, 0.15) is 36.2 Å². The van der Waals surface area contributed by atoms with Crippen LogP contribution >= 0.6 is 0 Å². The first-order valence-corrected chi connectivity index (χ1v) is 8.37. The monoisotopic (exact) mass is 337 g/mol. The van der Waals surface area contributed by atoms with Crippen molar-refractivity contribution in [2.75, 3.05) is 13.1 Å². The predicted molar refractivity (Wildman–Crippen MR) is 86.4 cm³/mol. The van der Waals surface area contributed by atoms with E-state index < -0.39 is 11.7 Å². The molecule has 2 aromatic rings. The molecule has 1 aromatic carbocycles. The smallest absolute Gasteiger partial charge is 0.348 e. The number of aromatic amines is 1. The highest BCUT2D eigenvalue weighted by atomic mass is 19.4. The highest BCUT2D eigenvalue weighted by Gasteiger charge is 2.30. The Labute approximate surface area is 139 Å². The first-order valence-electron chi connectivity index (χ1n) is 8.37. The Hall–Kier alpha value is -1.82. The van der Waals surface area contributed by atoms with Crippen LogP contribution in [-0.4, -0.2) is 28.0 Å². The number of imidazole rings is 1. The van der Waals surface area contributed by atoms with Crippen LogP contribution < -0.4 is 0 Å². The molecule has 1 unspecified atom stereocenters. The van der Waals surface area contributed by atoms with E-state index in [2.05, 4.69) is 14.9 Å². The summed E-state index contributed by atoms with van der Waals surface area (Å²) in [6.07, 6.45) is 3.22. The molecule has 0 amide bonds. The van der Waals surface area contributed by atoms with Gasteiger partial charge in [-0.05, 0) is 49.8 Å². The van der Waals surface area contributed by atoms with Gasteiger partial charge in [0.25, 0.3) is 0 Å². The summed E-state index contributed by atoms with van der Waals surface area (Å²) in [6.45, 7) is 2.85. The summed E-state index contributed by atoms with van der Waals surface area (Å²) < 4.78 is 38.3. The average Bonchev–Trinajstić information content (AvgIpc) is 3.06. The molecule has 3 rings (SSSR count). The lowest BCUT2D eigenvalue weighted by molar-refractivity contribution is -0.137. The van der Waals surface area contributed by atoms with Crippen molar-refractivity contribution in [3.8, 4) is 0 Å². The molecule has 0 spiro atoms. The molecule has 0 radical (unpaired) electrons. The molecule has 0 bridgehead atoms. The number of piperidine rings is 1. The van der Waals surface area contributed by atoms with Crippen molar-refractivity contribution >= 4 is 0 Å². The Morgan fingerprint density at radius 1 is 1.29 bits per heavy atom. The van der Waals surface area contributed by atoms with E-state index in [4.69, 9.17) is 0 Å². The zero-order valence-corrected chi connectivity index (χ0v) is 13.5. The van der Waals surface area contributed by atoms with Gasteiger partial charge in [-0.2, -0.15) is 13.2 Å². The molecule has 1 aliphatic heterocycles. The molecule has 1 aromatic heterocycles. The van der Waals surface area contributed by atoms with E-state index in [9.17, 15) is 13.2 Å². The van der Waals surface area contributed by atoms with Crippen LogP contribution in [0.15, 0.2) is 36.7 Å². The van der Waals surface area contributed by atoms with E-state index in [0.29, 0.717) is 12.3 Å². The van der Waals surface area contributed by atoms with Crippen molar-refractivity contribution in [3.63, 3.8) is 0 Å². The van der Waals surface area contributed by atoms with Gasteiger partial charge in [-0.3, -0.25) is 4.90 Å². The number of benzene rings is 1. The van der Waals surface area contributed by atoms with Gasteiger partial charge in [-0.15, -0.1) is 0 Å². The van der Waals surface area contributed by atoms with E-state index in [1.54, 1.807) is 12.3 Å². The van der Waals surface area contributed by atoms with Crippen molar-refractivity contribution < 1.29 is 13.2 Å². The Balaban J connectivity index is 1.53. The van der Waals surface area contributed by atoms with Gasteiger partial charge in [0.05, 0.1) is 12.1 Å². The summed E-state index contributed by atoms with van der Waals surface area (Å²) in [5.74, 6) is 1.50. The van der Waals surface area contributed by atoms with Crippen molar-refractivity contribution in [3.05, 3.63) is 53.6 Å². The zero-order chi connectivity index (χ0) is 17.0. The molecular formula is C18H22F3N3. The largest absolute Gasteiger partial charge is 0.416 e. The third-order valence-electron chi connectivity index (χ3n) is 4.63. The number of hydrogen-bond acceptors (Lipinski definition) is 2. The third kappa shape index (κ3) is 4.60. The number of halogens is 3. The van der Waals surface area contributed by atoms with Gasteiger partial charge in [-0.1, -0.05) is 18.2 Å². The van der Waals surface area contributed by atoms with Crippen LogP contribution in [0.25, 0.3) is 0 Å². The number of hydrogen-bond donors (Lipinski definition) is 1. The molecule has 6 heteroatoms. The number of aryl methyl sites for hydroxylation is 1. The van der Waals surface area contributed by atoms with Gasteiger partial charge < -0.3 is 4.98 Å². The number of aromatic nitrogens is 2. The predicted octanol–water partition coefficient (Wildman–Crippen LogP) is 4.27.